The lowest BCUT2D eigenvalue weighted by molar-refractivity contribution is 0.279. The SMILES string of the molecule is CC(CCO)N=C(N)C(C)(C)C. The number of hydrogen-bond acceptors (Lipinski definition) is 2. The Balaban J connectivity index is 4.16. The van der Waals surface area contributed by atoms with Gasteiger partial charge < -0.3 is 10.8 Å². The summed E-state index contributed by atoms with van der Waals surface area (Å²) in [5.74, 6) is 0.656. The molecule has 0 spiro atoms. The number of nitrogens with two attached hydrogens (primary N) is 1. The van der Waals surface area contributed by atoms with Crippen molar-refractivity contribution in [3.63, 3.8) is 0 Å². The molecule has 0 rings (SSSR count). The summed E-state index contributed by atoms with van der Waals surface area (Å²) in [6, 6.07) is 0.120. The molecule has 72 valence electrons. The van der Waals surface area contributed by atoms with Crippen molar-refractivity contribution in [2.24, 2.45) is 16.1 Å². The summed E-state index contributed by atoms with van der Waals surface area (Å²) in [7, 11) is 0. The second kappa shape index (κ2) is 4.45. The van der Waals surface area contributed by atoms with Gasteiger partial charge in [0.25, 0.3) is 0 Å². The predicted octanol–water partition coefficient (Wildman–Crippen LogP) is 1.16. The third-order valence-corrected chi connectivity index (χ3v) is 1.67. The molecule has 3 N–H and O–H groups in total. The van der Waals surface area contributed by atoms with Gasteiger partial charge in [0.1, 0.15) is 0 Å². The minimum Gasteiger partial charge on any atom is -0.396 e. The van der Waals surface area contributed by atoms with Crippen LogP contribution in [0.1, 0.15) is 34.1 Å². The average molecular weight is 172 g/mol. The van der Waals surface area contributed by atoms with E-state index in [1.807, 2.05) is 27.7 Å². The number of rotatable bonds is 3. The van der Waals surface area contributed by atoms with Gasteiger partial charge in [-0.2, -0.15) is 0 Å². The van der Waals surface area contributed by atoms with E-state index in [0.29, 0.717) is 12.3 Å². The Morgan fingerprint density at radius 3 is 2.33 bits per heavy atom. The van der Waals surface area contributed by atoms with Crippen LogP contribution in [-0.2, 0) is 0 Å². The molecule has 3 heteroatoms. The van der Waals surface area contributed by atoms with E-state index in [1.165, 1.54) is 0 Å². The van der Waals surface area contributed by atoms with E-state index < -0.39 is 0 Å². The van der Waals surface area contributed by atoms with Crippen molar-refractivity contribution in [2.45, 2.75) is 40.2 Å². The molecule has 0 heterocycles. The third kappa shape index (κ3) is 4.34. The van der Waals surface area contributed by atoms with E-state index in [1.54, 1.807) is 0 Å². The highest BCUT2D eigenvalue weighted by Gasteiger charge is 2.15. The van der Waals surface area contributed by atoms with Gasteiger partial charge in [-0.25, -0.2) is 0 Å². The van der Waals surface area contributed by atoms with Crippen LogP contribution in [0, 0.1) is 5.41 Å². The summed E-state index contributed by atoms with van der Waals surface area (Å²) in [5, 5.41) is 8.64. The van der Waals surface area contributed by atoms with Crippen LogP contribution >= 0.6 is 0 Å². The zero-order valence-electron chi connectivity index (χ0n) is 8.46. The van der Waals surface area contributed by atoms with Gasteiger partial charge in [0, 0.05) is 12.0 Å². The second-order valence-electron chi connectivity index (χ2n) is 4.13. The molecule has 0 amide bonds. The molecule has 0 saturated heterocycles. The summed E-state index contributed by atoms with van der Waals surface area (Å²) in [6.45, 7) is 8.20. The summed E-state index contributed by atoms with van der Waals surface area (Å²) in [4.78, 5) is 4.27. The van der Waals surface area contributed by atoms with Crippen molar-refractivity contribution < 1.29 is 5.11 Å². The smallest absolute Gasteiger partial charge is 0.0994 e. The van der Waals surface area contributed by atoms with Gasteiger partial charge in [0.15, 0.2) is 0 Å². The third-order valence-electron chi connectivity index (χ3n) is 1.67. The fraction of sp³-hybridized carbons (Fsp3) is 0.889. The summed E-state index contributed by atoms with van der Waals surface area (Å²) in [6.07, 6.45) is 0.677. The lowest BCUT2D eigenvalue weighted by atomic mass is 9.95. The maximum Gasteiger partial charge on any atom is 0.0994 e. The Kier molecular flexibility index (Phi) is 4.24. The van der Waals surface area contributed by atoms with Gasteiger partial charge in [-0.15, -0.1) is 0 Å². The fourth-order valence-electron chi connectivity index (χ4n) is 0.682. The number of aliphatic hydroxyl groups is 1. The molecular formula is C9H20N2O. The van der Waals surface area contributed by atoms with Crippen LogP contribution < -0.4 is 5.73 Å². The first-order chi connectivity index (χ1) is 5.38. The van der Waals surface area contributed by atoms with Crippen LogP contribution in [0.3, 0.4) is 0 Å². The van der Waals surface area contributed by atoms with Crippen LogP contribution in [0.4, 0.5) is 0 Å². The molecule has 0 fully saturated rings. The summed E-state index contributed by atoms with van der Waals surface area (Å²) in [5.41, 5.74) is 5.68. The Labute approximate surface area is 74.7 Å². The van der Waals surface area contributed by atoms with Crippen molar-refractivity contribution in [3.05, 3.63) is 0 Å². The Hall–Kier alpha value is -0.570. The van der Waals surface area contributed by atoms with E-state index in [-0.39, 0.29) is 18.1 Å². The van der Waals surface area contributed by atoms with Crippen LogP contribution in [0.15, 0.2) is 4.99 Å². The highest BCUT2D eigenvalue weighted by Crippen LogP contribution is 2.13. The maximum atomic E-state index is 8.64. The van der Waals surface area contributed by atoms with Crippen molar-refractivity contribution in [1.29, 1.82) is 0 Å². The minimum absolute atomic E-state index is 0.0658. The first-order valence-electron chi connectivity index (χ1n) is 4.32. The lowest BCUT2D eigenvalue weighted by Crippen LogP contribution is -2.30. The molecule has 0 aromatic carbocycles. The molecule has 12 heavy (non-hydrogen) atoms. The number of hydrogen-bond donors (Lipinski definition) is 2. The van der Waals surface area contributed by atoms with E-state index >= 15 is 0 Å². The highest BCUT2D eigenvalue weighted by molar-refractivity contribution is 5.85. The Morgan fingerprint density at radius 1 is 1.50 bits per heavy atom. The van der Waals surface area contributed by atoms with E-state index in [2.05, 4.69) is 4.99 Å². The number of aliphatic imine (C=N–C) groups is 1. The summed E-state index contributed by atoms with van der Waals surface area (Å²) >= 11 is 0. The monoisotopic (exact) mass is 172 g/mol. The lowest BCUT2D eigenvalue weighted by Gasteiger charge is -2.19. The van der Waals surface area contributed by atoms with Crippen LogP contribution in [0.2, 0.25) is 0 Å². The quantitative estimate of drug-likeness (QED) is 0.496. The molecule has 1 atom stereocenters. The van der Waals surface area contributed by atoms with Crippen molar-refractivity contribution in [3.8, 4) is 0 Å². The maximum absolute atomic E-state index is 8.64. The molecule has 0 aromatic heterocycles. The number of nitrogens with zero attached hydrogens (tertiary/aromatic N) is 1. The molecule has 0 radical (unpaired) electrons. The molecular weight excluding hydrogens is 152 g/mol. The number of aliphatic hydroxyl groups excluding tert-OH is 1. The highest BCUT2D eigenvalue weighted by atomic mass is 16.3. The first kappa shape index (κ1) is 11.4. The molecule has 1 unspecified atom stereocenters. The van der Waals surface area contributed by atoms with E-state index in [4.69, 9.17) is 10.8 Å². The Bertz CT molecular complexity index is 158. The topological polar surface area (TPSA) is 58.6 Å². The van der Waals surface area contributed by atoms with Crippen LogP contribution in [0.5, 0.6) is 0 Å². The van der Waals surface area contributed by atoms with Gasteiger partial charge in [-0.3, -0.25) is 4.99 Å². The van der Waals surface area contributed by atoms with Crippen molar-refractivity contribution >= 4 is 5.84 Å². The van der Waals surface area contributed by atoms with Crippen LogP contribution in [0.25, 0.3) is 0 Å². The van der Waals surface area contributed by atoms with Gasteiger partial charge in [-0.1, -0.05) is 20.8 Å². The zero-order chi connectivity index (χ0) is 9.78. The van der Waals surface area contributed by atoms with Crippen molar-refractivity contribution in [1.82, 2.24) is 0 Å². The van der Waals surface area contributed by atoms with Crippen LogP contribution in [-0.4, -0.2) is 23.6 Å². The molecule has 0 aliphatic heterocycles. The summed E-state index contributed by atoms with van der Waals surface area (Å²) < 4.78 is 0. The van der Waals surface area contributed by atoms with Gasteiger partial charge in [0.05, 0.1) is 11.9 Å². The average Bonchev–Trinajstić information content (AvgIpc) is 1.85. The van der Waals surface area contributed by atoms with E-state index in [9.17, 15) is 0 Å². The fourth-order valence-corrected chi connectivity index (χ4v) is 0.682. The second-order valence-corrected chi connectivity index (χ2v) is 4.13. The first-order valence-corrected chi connectivity index (χ1v) is 4.32. The van der Waals surface area contributed by atoms with Gasteiger partial charge in [0.2, 0.25) is 0 Å². The Morgan fingerprint density at radius 2 is 2.00 bits per heavy atom. The molecule has 3 nitrogen and oxygen atoms in total. The largest absolute Gasteiger partial charge is 0.396 e. The van der Waals surface area contributed by atoms with E-state index in [0.717, 1.165) is 0 Å². The normalized spacial score (nSPS) is 16.2. The number of amidine groups is 1. The van der Waals surface area contributed by atoms with Crippen molar-refractivity contribution in [2.75, 3.05) is 6.61 Å². The molecule has 0 aromatic rings. The molecule has 0 bridgehead atoms. The standard InChI is InChI=1S/C9H20N2O/c1-7(5-6-12)11-8(10)9(2,3)4/h7,12H,5-6H2,1-4H3,(H2,10,11). The molecule has 0 aliphatic carbocycles. The zero-order valence-corrected chi connectivity index (χ0v) is 8.46. The predicted molar refractivity (Wildman–Crippen MR) is 52.2 cm³/mol. The molecule has 0 saturated carbocycles. The molecule has 0 aliphatic rings. The minimum atomic E-state index is -0.0658. The van der Waals surface area contributed by atoms with Gasteiger partial charge in [-0.05, 0) is 13.3 Å². The van der Waals surface area contributed by atoms with Gasteiger partial charge >= 0.3 is 0 Å².